The molecule has 1 saturated carbocycles. The van der Waals surface area contributed by atoms with Crippen LogP contribution in [-0.2, 0) is 38.1 Å². The van der Waals surface area contributed by atoms with Crippen molar-refractivity contribution < 1.29 is 48.3 Å². The number of Topliss-reactive ketones (excluding diaryl/α,β-unsaturated/α-hetero) is 2. The summed E-state index contributed by atoms with van der Waals surface area (Å²) in [6, 6.07) is 0. The van der Waals surface area contributed by atoms with Crippen LogP contribution in [0.3, 0.4) is 0 Å². The van der Waals surface area contributed by atoms with Crippen LogP contribution in [0.1, 0.15) is 46.5 Å². The molecule has 202 valence electrons. The lowest BCUT2D eigenvalue weighted by Crippen LogP contribution is -2.79. The molecule has 10 nitrogen and oxygen atoms in total. The highest BCUT2D eigenvalue weighted by Crippen LogP contribution is 2.74. The maximum atomic E-state index is 14.8. The van der Waals surface area contributed by atoms with E-state index in [2.05, 4.69) is 0 Å². The first-order valence-corrected chi connectivity index (χ1v) is 13.5. The first-order valence-electron chi connectivity index (χ1n) is 13.5. The minimum Gasteiger partial charge on any atom is -0.458 e. The number of fused-ring (bicyclic) bond motifs is 5. The average Bonchev–Trinajstić information content (AvgIpc) is 3.16. The number of esters is 2. The van der Waals surface area contributed by atoms with Gasteiger partial charge in [0.1, 0.15) is 11.9 Å². The van der Waals surface area contributed by atoms with Crippen molar-refractivity contribution in [3.63, 3.8) is 0 Å². The monoisotopic (exact) mass is 526 g/mol. The summed E-state index contributed by atoms with van der Waals surface area (Å²) in [5.74, 6) is -7.21. The lowest BCUT2D eigenvalue weighted by Gasteiger charge is -2.62. The van der Waals surface area contributed by atoms with Gasteiger partial charge in [0.25, 0.3) is 0 Å². The Labute approximate surface area is 218 Å². The Morgan fingerprint density at radius 3 is 2.63 bits per heavy atom. The number of hydrogen-bond acceptors (Lipinski definition) is 10. The van der Waals surface area contributed by atoms with Crippen LogP contribution in [0, 0.1) is 34.5 Å². The maximum Gasteiger partial charge on any atom is 0.342 e. The summed E-state index contributed by atoms with van der Waals surface area (Å²) in [5.41, 5.74) is -7.17. The molecular formula is C28H30O10. The molecule has 2 N–H and O–H groups in total. The van der Waals surface area contributed by atoms with Crippen LogP contribution in [0.5, 0.6) is 0 Å². The molecule has 1 unspecified atom stereocenters. The zero-order valence-electron chi connectivity index (χ0n) is 21.4. The van der Waals surface area contributed by atoms with Crippen molar-refractivity contribution in [3.8, 4) is 0 Å². The van der Waals surface area contributed by atoms with Crippen molar-refractivity contribution in [2.45, 2.75) is 81.3 Å². The van der Waals surface area contributed by atoms with E-state index in [-0.39, 0.29) is 38.1 Å². The summed E-state index contributed by atoms with van der Waals surface area (Å²) >= 11 is 0. The van der Waals surface area contributed by atoms with E-state index in [0.29, 0.717) is 5.57 Å². The van der Waals surface area contributed by atoms with Crippen LogP contribution in [0.15, 0.2) is 23.8 Å². The molecule has 5 saturated heterocycles. The number of carbonyl (C=O) groups is 4. The van der Waals surface area contributed by atoms with E-state index in [1.807, 2.05) is 6.92 Å². The Hall–Kier alpha value is -2.40. The number of hydrogen-bond donors (Lipinski definition) is 2. The Morgan fingerprint density at radius 2 is 1.87 bits per heavy atom. The van der Waals surface area contributed by atoms with Gasteiger partial charge < -0.3 is 29.2 Å². The molecule has 0 aromatic rings. The van der Waals surface area contributed by atoms with Crippen molar-refractivity contribution in [1.29, 1.82) is 0 Å². The summed E-state index contributed by atoms with van der Waals surface area (Å²) in [4.78, 5) is 55.4. The summed E-state index contributed by atoms with van der Waals surface area (Å²) in [6.07, 6.45) is 3.65. The molecule has 8 aliphatic rings. The first-order chi connectivity index (χ1) is 17.8. The van der Waals surface area contributed by atoms with Crippen LogP contribution in [0.4, 0.5) is 0 Å². The fourth-order valence-corrected chi connectivity index (χ4v) is 9.89. The van der Waals surface area contributed by atoms with Crippen molar-refractivity contribution >= 4 is 23.5 Å². The second kappa shape index (κ2) is 6.32. The van der Waals surface area contributed by atoms with E-state index in [1.54, 1.807) is 32.1 Å². The normalized spacial score (nSPS) is 59.2. The molecule has 0 aromatic carbocycles. The molecule has 5 heterocycles. The van der Waals surface area contributed by atoms with E-state index in [1.165, 1.54) is 0 Å². The molecular weight excluding hydrogens is 496 g/mol. The second-order valence-corrected chi connectivity index (χ2v) is 13.2. The standard InChI is InChI=1S/C28H30O10/c1-23-10-18-25(3)28-19(23)20(31)27(38-28,35-11-16(23)21(32)36-18)15-5-4-12-8-13(29)9-17(30)24(12,2)14(15)6-7-26(28,34)22(33)37-25/h4-5,8,13-16,18-19,29,34H,6-7,9-11H2,1-3H3/t13-,14+,15-,16+,18-,19+,23-,24+,25+,26+,27+,28?/m1/s1. The number of ether oxygens (including phenoxy) is 4. The molecule has 8 rings (SSSR count). The maximum absolute atomic E-state index is 14.8. The summed E-state index contributed by atoms with van der Waals surface area (Å²) in [6.45, 7) is 5.07. The smallest absolute Gasteiger partial charge is 0.342 e. The number of allylic oxidation sites excluding steroid dienone is 2. The zero-order chi connectivity index (χ0) is 26.8. The van der Waals surface area contributed by atoms with Gasteiger partial charge >= 0.3 is 11.9 Å². The van der Waals surface area contributed by atoms with E-state index >= 15 is 0 Å². The van der Waals surface area contributed by atoms with Crippen LogP contribution in [0.25, 0.3) is 0 Å². The van der Waals surface area contributed by atoms with Crippen molar-refractivity contribution in [2.75, 3.05) is 6.61 Å². The van der Waals surface area contributed by atoms with Crippen LogP contribution in [-0.4, -0.2) is 75.1 Å². The lowest BCUT2D eigenvalue weighted by molar-refractivity contribution is -0.370. The third-order valence-electron chi connectivity index (χ3n) is 11.9. The van der Waals surface area contributed by atoms with Crippen LogP contribution >= 0.6 is 0 Å². The van der Waals surface area contributed by atoms with Gasteiger partial charge in [0, 0.05) is 12.3 Å². The topological polar surface area (TPSA) is 146 Å². The van der Waals surface area contributed by atoms with Crippen molar-refractivity contribution in [1.82, 2.24) is 0 Å². The van der Waals surface area contributed by atoms with Gasteiger partial charge in [-0.05, 0) is 50.0 Å². The number of ketones is 2. The Balaban J connectivity index is 1.43. The number of rotatable bonds is 0. The molecule has 12 atom stereocenters. The fourth-order valence-electron chi connectivity index (χ4n) is 9.89. The Morgan fingerprint density at radius 1 is 1.11 bits per heavy atom. The molecule has 5 bridgehead atoms. The highest BCUT2D eigenvalue weighted by atomic mass is 16.8. The van der Waals surface area contributed by atoms with Crippen LogP contribution < -0.4 is 0 Å². The minimum atomic E-state index is -2.23. The van der Waals surface area contributed by atoms with Gasteiger partial charge in [-0.15, -0.1) is 0 Å². The van der Waals surface area contributed by atoms with Gasteiger partial charge in [0.05, 0.1) is 30.0 Å². The molecule has 6 fully saturated rings. The SMILES string of the molecule is C[C@]12C(=O)C[C@H](O)C=C1C=C[C@@H]1[C@@H]2CC[C@]2(O)C(=O)O[C@@]3(C)[C@H]4C[C@@]5(C)[C@@H]6C(=O)[C@@]1(OC[C@H]5C(=O)O4)OC632. The molecule has 0 amide bonds. The Kier molecular flexibility index (Phi) is 3.91. The van der Waals surface area contributed by atoms with Crippen molar-refractivity contribution in [3.05, 3.63) is 23.8 Å². The largest absolute Gasteiger partial charge is 0.458 e. The molecule has 10 heteroatoms. The number of carbonyl (C=O) groups excluding carboxylic acids is 4. The van der Waals surface area contributed by atoms with Gasteiger partial charge in [-0.2, -0.15) is 0 Å². The molecule has 0 aromatic heterocycles. The van der Waals surface area contributed by atoms with Gasteiger partial charge in [0.2, 0.25) is 5.79 Å². The number of aliphatic hydroxyl groups is 2. The zero-order valence-corrected chi connectivity index (χ0v) is 21.4. The second-order valence-electron chi connectivity index (χ2n) is 13.2. The van der Waals surface area contributed by atoms with E-state index in [4.69, 9.17) is 18.9 Å². The quantitative estimate of drug-likeness (QED) is 0.429. The summed E-state index contributed by atoms with van der Waals surface area (Å²) in [5, 5.41) is 22.7. The number of aliphatic hydroxyl groups excluding tert-OH is 1. The lowest BCUT2D eigenvalue weighted by atomic mass is 9.46. The van der Waals surface area contributed by atoms with Crippen molar-refractivity contribution in [2.24, 2.45) is 34.5 Å². The third kappa shape index (κ3) is 2.03. The van der Waals surface area contributed by atoms with Gasteiger partial charge in [0.15, 0.2) is 22.6 Å². The van der Waals surface area contributed by atoms with Gasteiger partial charge in [-0.1, -0.05) is 25.2 Å². The predicted octanol–water partition coefficient (Wildman–Crippen LogP) is 0.528. The van der Waals surface area contributed by atoms with E-state index in [0.717, 1.165) is 0 Å². The molecule has 0 radical (unpaired) electrons. The molecule has 3 aliphatic carbocycles. The molecule has 2 spiro atoms. The van der Waals surface area contributed by atoms with E-state index in [9.17, 15) is 29.4 Å². The highest BCUT2D eigenvalue weighted by Gasteiger charge is 2.93. The van der Waals surface area contributed by atoms with Crippen LogP contribution in [0.2, 0.25) is 0 Å². The van der Waals surface area contributed by atoms with E-state index < -0.39 is 87.0 Å². The predicted molar refractivity (Wildman–Crippen MR) is 124 cm³/mol. The fraction of sp³-hybridized carbons (Fsp3) is 0.714. The average molecular weight is 527 g/mol. The van der Waals surface area contributed by atoms with Gasteiger partial charge in [-0.3, -0.25) is 14.4 Å². The molecule has 5 aliphatic heterocycles. The summed E-state index contributed by atoms with van der Waals surface area (Å²) in [7, 11) is 0. The summed E-state index contributed by atoms with van der Waals surface area (Å²) < 4.78 is 25.0. The highest BCUT2D eigenvalue weighted by molar-refractivity contribution is 6.00. The van der Waals surface area contributed by atoms with Gasteiger partial charge in [-0.25, -0.2) is 4.79 Å². The third-order valence-corrected chi connectivity index (χ3v) is 11.9. The Bertz CT molecular complexity index is 1330. The first kappa shape index (κ1) is 23.5. The molecule has 38 heavy (non-hydrogen) atoms. The minimum absolute atomic E-state index is 0.0790.